The Morgan fingerprint density at radius 2 is 1.78 bits per heavy atom. The molecule has 0 amide bonds. The van der Waals surface area contributed by atoms with Gasteiger partial charge >= 0.3 is 0 Å². The largest absolute Gasteiger partial charge is 0.313 e. The first-order chi connectivity index (χ1) is 8.80. The molecule has 0 aliphatic heterocycles. The molecule has 1 heteroatoms. The molecule has 0 bridgehead atoms. The van der Waals surface area contributed by atoms with Gasteiger partial charge in [-0.1, -0.05) is 37.6 Å². The second-order valence-corrected chi connectivity index (χ2v) is 6.36. The first-order valence-corrected chi connectivity index (χ1v) is 7.61. The molecular weight excluding hydrogens is 218 g/mol. The van der Waals surface area contributed by atoms with Crippen molar-refractivity contribution in [2.45, 2.75) is 57.9 Å². The summed E-state index contributed by atoms with van der Waals surface area (Å²) in [6.07, 6.45) is 9.50. The highest BCUT2D eigenvalue weighted by molar-refractivity contribution is 5.24. The van der Waals surface area contributed by atoms with Crippen LogP contribution in [0.1, 0.15) is 50.2 Å². The summed E-state index contributed by atoms with van der Waals surface area (Å²) in [5.74, 6) is 0. The predicted octanol–water partition coefficient (Wildman–Crippen LogP) is 3.71. The van der Waals surface area contributed by atoms with Gasteiger partial charge in [-0.2, -0.15) is 0 Å². The smallest absolute Gasteiger partial charge is 0.00684 e. The van der Waals surface area contributed by atoms with Crippen LogP contribution in [0, 0.1) is 5.41 Å². The van der Waals surface area contributed by atoms with Gasteiger partial charge in [0.05, 0.1) is 0 Å². The van der Waals surface area contributed by atoms with E-state index in [0.29, 0.717) is 5.41 Å². The van der Waals surface area contributed by atoms with Gasteiger partial charge in [0.2, 0.25) is 0 Å². The first-order valence-electron chi connectivity index (χ1n) is 7.61. The van der Waals surface area contributed by atoms with Gasteiger partial charge in [0.15, 0.2) is 0 Å². The van der Waals surface area contributed by atoms with Crippen LogP contribution in [0.15, 0.2) is 24.3 Å². The Morgan fingerprint density at radius 1 is 1.11 bits per heavy atom. The summed E-state index contributed by atoms with van der Waals surface area (Å²) in [5.41, 5.74) is 3.57. The van der Waals surface area contributed by atoms with Gasteiger partial charge < -0.3 is 5.32 Å². The molecule has 18 heavy (non-hydrogen) atoms. The molecule has 1 nitrogen and oxygen atoms in total. The van der Waals surface area contributed by atoms with Crippen LogP contribution in [-0.4, -0.2) is 12.6 Å². The summed E-state index contributed by atoms with van der Waals surface area (Å²) in [5, 5.41) is 3.74. The molecule has 0 aromatic heterocycles. The highest BCUT2D eigenvalue weighted by Crippen LogP contribution is 2.43. The van der Waals surface area contributed by atoms with Crippen LogP contribution in [0.25, 0.3) is 0 Å². The molecule has 1 N–H and O–H groups in total. The van der Waals surface area contributed by atoms with E-state index in [4.69, 9.17) is 0 Å². The standard InChI is InChI=1S/C17H25N/c1-2-14-4-6-15(7-5-14)12-17(10-3-11-17)13-18-16-8-9-16/h4-7,16,18H,2-3,8-13H2,1H3. The zero-order valence-corrected chi connectivity index (χ0v) is 11.5. The molecule has 98 valence electrons. The minimum Gasteiger partial charge on any atom is -0.313 e. The summed E-state index contributed by atoms with van der Waals surface area (Å²) in [6.45, 7) is 3.47. The minimum atomic E-state index is 0.580. The van der Waals surface area contributed by atoms with Crippen LogP contribution >= 0.6 is 0 Å². The lowest BCUT2D eigenvalue weighted by Gasteiger charge is -2.42. The van der Waals surface area contributed by atoms with E-state index in [1.807, 2.05) is 0 Å². The number of nitrogens with one attached hydrogen (secondary N) is 1. The Labute approximate surface area is 111 Å². The highest BCUT2D eigenvalue weighted by Gasteiger charge is 2.38. The molecule has 0 spiro atoms. The Balaban J connectivity index is 1.60. The van der Waals surface area contributed by atoms with Crippen molar-refractivity contribution >= 4 is 0 Å². The van der Waals surface area contributed by atoms with Gasteiger partial charge in [0.25, 0.3) is 0 Å². The fraction of sp³-hybridized carbons (Fsp3) is 0.647. The molecule has 0 saturated heterocycles. The summed E-state index contributed by atoms with van der Waals surface area (Å²) in [6, 6.07) is 10.1. The van der Waals surface area contributed by atoms with Gasteiger partial charge in [-0.15, -0.1) is 0 Å². The first kappa shape index (κ1) is 12.2. The van der Waals surface area contributed by atoms with Gasteiger partial charge in [-0.25, -0.2) is 0 Å². The van der Waals surface area contributed by atoms with Crippen molar-refractivity contribution in [3.8, 4) is 0 Å². The van der Waals surface area contributed by atoms with E-state index in [0.717, 1.165) is 12.5 Å². The quantitative estimate of drug-likeness (QED) is 0.803. The molecule has 0 atom stereocenters. The lowest BCUT2D eigenvalue weighted by atomic mass is 9.65. The Hall–Kier alpha value is -0.820. The summed E-state index contributed by atoms with van der Waals surface area (Å²) in [7, 11) is 0. The summed E-state index contributed by atoms with van der Waals surface area (Å²) >= 11 is 0. The third-order valence-corrected chi connectivity index (χ3v) is 4.77. The lowest BCUT2D eigenvalue weighted by Crippen LogP contribution is -2.42. The Morgan fingerprint density at radius 3 is 2.28 bits per heavy atom. The molecule has 1 aromatic carbocycles. The van der Waals surface area contributed by atoms with Gasteiger partial charge in [-0.05, 0) is 55.1 Å². The van der Waals surface area contributed by atoms with E-state index >= 15 is 0 Å². The van der Waals surface area contributed by atoms with Crippen LogP contribution < -0.4 is 5.32 Å². The average Bonchev–Trinajstić information content (AvgIpc) is 3.17. The monoisotopic (exact) mass is 243 g/mol. The molecule has 2 aliphatic carbocycles. The zero-order chi connectivity index (χ0) is 12.4. The number of aryl methyl sites for hydroxylation is 1. The van der Waals surface area contributed by atoms with Crippen molar-refractivity contribution < 1.29 is 0 Å². The number of hydrogen-bond donors (Lipinski definition) is 1. The third kappa shape index (κ3) is 2.77. The normalized spacial score (nSPS) is 21.6. The minimum absolute atomic E-state index is 0.580. The van der Waals surface area contributed by atoms with E-state index in [9.17, 15) is 0 Å². The van der Waals surface area contributed by atoms with Crippen molar-refractivity contribution in [2.75, 3.05) is 6.54 Å². The van der Waals surface area contributed by atoms with Crippen LogP contribution in [-0.2, 0) is 12.8 Å². The van der Waals surface area contributed by atoms with E-state index in [-0.39, 0.29) is 0 Å². The van der Waals surface area contributed by atoms with Gasteiger partial charge in [0, 0.05) is 12.6 Å². The van der Waals surface area contributed by atoms with Gasteiger partial charge in [-0.3, -0.25) is 0 Å². The van der Waals surface area contributed by atoms with Crippen molar-refractivity contribution in [3.05, 3.63) is 35.4 Å². The maximum atomic E-state index is 3.74. The second kappa shape index (κ2) is 5.05. The summed E-state index contributed by atoms with van der Waals surface area (Å²) in [4.78, 5) is 0. The third-order valence-electron chi connectivity index (χ3n) is 4.77. The van der Waals surface area contributed by atoms with Crippen LogP contribution in [0.5, 0.6) is 0 Å². The van der Waals surface area contributed by atoms with Crippen LogP contribution in [0.3, 0.4) is 0 Å². The number of benzene rings is 1. The molecular formula is C17H25N. The number of rotatable bonds is 6. The van der Waals surface area contributed by atoms with E-state index < -0.39 is 0 Å². The average molecular weight is 243 g/mol. The van der Waals surface area contributed by atoms with Gasteiger partial charge in [0.1, 0.15) is 0 Å². The molecule has 2 fully saturated rings. The topological polar surface area (TPSA) is 12.0 Å². The summed E-state index contributed by atoms with van der Waals surface area (Å²) < 4.78 is 0. The molecule has 3 rings (SSSR count). The Bertz CT molecular complexity index is 385. The molecule has 2 saturated carbocycles. The number of hydrogen-bond acceptors (Lipinski definition) is 1. The fourth-order valence-electron chi connectivity index (χ4n) is 3.07. The van der Waals surface area contributed by atoms with E-state index in [2.05, 4.69) is 36.5 Å². The molecule has 0 heterocycles. The lowest BCUT2D eigenvalue weighted by molar-refractivity contribution is 0.129. The van der Waals surface area contributed by atoms with Crippen LogP contribution in [0.2, 0.25) is 0 Å². The SMILES string of the molecule is CCc1ccc(CC2(CNC3CC3)CCC2)cc1. The highest BCUT2D eigenvalue weighted by atomic mass is 15.0. The van der Waals surface area contributed by atoms with E-state index in [1.54, 1.807) is 0 Å². The zero-order valence-electron chi connectivity index (χ0n) is 11.5. The van der Waals surface area contributed by atoms with Crippen molar-refractivity contribution in [1.82, 2.24) is 5.32 Å². The fourth-order valence-corrected chi connectivity index (χ4v) is 3.07. The van der Waals surface area contributed by atoms with Crippen molar-refractivity contribution in [3.63, 3.8) is 0 Å². The van der Waals surface area contributed by atoms with Crippen LogP contribution in [0.4, 0.5) is 0 Å². The van der Waals surface area contributed by atoms with Crippen molar-refractivity contribution in [2.24, 2.45) is 5.41 Å². The maximum Gasteiger partial charge on any atom is 0.00684 e. The van der Waals surface area contributed by atoms with E-state index in [1.165, 1.54) is 56.2 Å². The molecule has 0 radical (unpaired) electrons. The Kier molecular flexibility index (Phi) is 3.43. The maximum absolute atomic E-state index is 3.74. The molecule has 0 unspecified atom stereocenters. The molecule has 1 aromatic rings. The molecule has 2 aliphatic rings. The predicted molar refractivity (Wildman–Crippen MR) is 76.8 cm³/mol. The second-order valence-electron chi connectivity index (χ2n) is 6.36. The van der Waals surface area contributed by atoms with Crippen molar-refractivity contribution in [1.29, 1.82) is 0 Å².